The molecule has 0 fully saturated rings. The Morgan fingerprint density at radius 2 is 2.21 bits per heavy atom. The van der Waals surface area contributed by atoms with Gasteiger partial charge < -0.3 is 9.84 Å². The fraction of sp³-hybridized carbons (Fsp3) is 0.429. The lowest BCUT2D eigenvalue weighted by Crippen LogP contribution is -2.25. The quantitative estimate of drug-likeness (QED) is 0.869. The van der Waals surface area contributed by atoms with Crippen LogP contribution in [0, 0.1) is 5.82 Å². The van der Waals surface area contributed by atoms with Crippen molar-refractivity contribution in [3.05, 3.63) is 47.4 Å². The maximum absolute atomic E-state index is 13.0. The van der Waals surface area contributed by atoms with Gasteiger partial charge in [-0.3, -0.25) is 0 Å². The lowest BCUT2D eigenvalue weighted by Gasteiger charge is -2.04. The number of nitrogens with one attached hydrogen (secondary N) is 1. The van der Waals surface area contributed by atoms with Crippen molar-refractivity contribution in [2.24, 2.45) is 0 Å². The van der Waals surface area contributed by atoms with Crippen LogP contribution in [0.3, 0.4) is 0 Å². The summed E-state index contributed by atoms with van der Waals surface area (Å²) in [6.45, 7) is 4.98. The molecule has 0 bridgehead atoms. The molecule has 0 unspecified atom stereocenters. The Bertz CT molecular complexity index is 525. The van der Waals surface area contributed by atoms with Gasteiger partial charge in [-0.2, -0.15) is 4.98 Å². The molecule has 0 aliphatic heterocycles. The van der Waals surface area contributed by atoms with E-state index in [1.54, 1.807) is 6.07 Å². The van der Waals surface area contributed by atoms with E-state index in [1.807, 2.05) is 6.07 Å². The third-order valence-electron chi connectivity index (χ3n) is 2.65. The minimum atomic E-state index is -0.248. The third kappa shape index (κ3) is 4.44. The summed E-state index contributed by atoms with van der Waals surface area (Å²) in [6, 6.07) is 6.87. The zero-order chi connectivity index (χ0) is 13.7. The molecule has 0 atom stereocenters. The van der Waals surface area contributed by atoms with Crippen LogP contribution in [0.4, 0.5) is 4.39 Å². The van der Waals surface area contributed by atoms with Gasteiger partial charge in [-0.1, -0.05) is 31.1 Å². The number of rotatable bonds is 6. The molecule has 2 aromatic rings. The second-order valence-electron chi connectivity index (χ2n) is 4.77. The zero-order valence-corrected chi connectivity index (χ0v) is 11.2. The number of halogens is 1. The topological polar surface area (TPSA) is 51.0 Å². The molecule has 102 valence electrons. The highest BCUT2D eigenvalue weighted by Crippen LogP contribution is 2.09. The molecule has 1 heterocycles. The summed E-state index contributed by atoms with van der Waals surface area (Å²) in [4.78, 5) is 4.29. The standard InChI is InChI=1S/C14H18FN3O/c1-10(2)16-7-6-14-17-13(18-19-14)9-11-4-3-5-12(15)8-11/h3-5,8,10,16H,6-7,9H2,1-2H3. The molecule has 0 saturated carbocycles. The van der Waals surface area contributed by atoms with Crippen LogP contribution in [0.1, 0.15) is 31.1 Å². The molecule has 0 radical (unpaired) electrons. The van der Waals surface area contributed by atoms with Crippen molar-refractivity contribution in [3.63, 3.8) is 0 Å². The Labute approximate surface area is 112 Å². The van der Waals surface area contributed by atoms with E-state index in [4.69, 9.17) is 4.52 Å². The van der Waals surface area contributed by atoms with E-state index in [9.17, 15) is 4.39 Å². The van der Waals surface area contributed by atoms with E-state index >= 15 is 0 Å². The van der Waals surface area contributed by atoms with Gasteiger partial charge in [0.1, 0.15) is 5.82 Å². The molecular formula is C14H18FN3O. The summed E-state index contributed by atoms with van der Waals surface area (Å²) in [5.74, 6) is 0.951. The molecule has 5 heteroatoms. The summed E-state index contributed by atoms with van der Waals surface area (Å²) in [6.07, 6.45) is 1.19. The van der Waals surface area contributed by atoms with Crippen LogP contribution in [0.15, 0.2) is 28.8 Å². The summed E-state index contributed by atoms with van der Waals surface area (Å²) >= 11 is 0. The van der Waals surface area contributed by atoms with Crippen LogP contribution in [-0.2, 0) is 12.8 Å². The number of nitrogens with zero attached hydrogens (tertiary/aromatic N) is 2. The molecule has 0 spiro atoms. The predicted octanol–water partition coefficient (Wildman–Crippen LogP) is 2.34. The third-order valence-corrected chi connectivity index (χ3v) is 2.65. The average Bonchev–Trinajstić information content (AvgIpc) is 2.76. The molecule has 4 nitrogen and oxygen atoms in total. The van der Waals surface area contributed by atoms with Crippen molar-refractivity contribution < 1.29 is 8.91 Å². The minimum Gasteiger partial charge on any atom is -0.339 e. The van der Waals surface area contributed by atoms with Gasteiger partial charge in [0.15, 0.2) is 5.82 Å². The molecular weight excluding hydrogens is 245 g/mol. The van der Waals surface area contributed by atoms with Crippen LogP contribution >= 0.6 is 0 Å². The Hall–Kier alpha value is -1.75. The summed E-state index contributed by atoms with van der Waals surface area (Å²) < 4.78 is 18.2. The van der Waals surface area contributed by atoms with Gasteiger partial charge in [-0.25, -0.2) is 4.39 Å². The highest BCUT2D eigenvalue weighted by Gasteiger charge is 2.07. The van der Waals surface area contributed by atoms with Gasteiger partial charge in [0.25, 0.3) is 0 Å². The van der Waals surface area contributed by atoms with E-state index in [1.165, 1.54) is 12.1 Å². The molecule has 1 aromatic carbocycles. The van der Waals surface area contributed by atoms with Crippen molar-refractivity contribution in [1.29, 1.82) is 0 Å². The Balaban J connectivity index is 1.90. The van der Waals surface area contributed by atoms with Gasteiger partial charge in [-0.15, -0.1) is 0 Å². The Morgan fingerprint density at radius 3 is 2.95 bits per heavy atom. The zero-order valence-electron chi connectivity index (χ0n) is 11.2. The largest absolute Gasteiger partial charge is 0.339 e. The monoisotopic (exact) mass is 263 g/mol. The number of aromatic nitrogens is 2. The molecule has 0 aliphatic carbocycles. The van der Waals surface area contributed by atoms with Crippen LogP contribution in [0.5, 0.6) is 0 Å². The van der Waals surface area contributed by atoms with Crippen molar-refractivity contribution in [1.82, 2.24) is 15.5 Å². The first kappa shape index (κ1) is 13.7. The average molecular weight is 263 g/mol. The van der Waals surface area contributed by atoms with E-state index in [0.29, 0.717) is 30.6 Å². The molecule has 1 N–H and O–H groups in total. The second kappa shape index (κ2) is 6.43. The van der Waals surface area contributed by atoms with Gasteiger partial charge in [0, 0.05) is 25.4 Å². The number of hydrogen-bond donors (Lipinski definition) is 1. The van der Waals surface area contributed by atoms with Crippen molar-refractivity contribution >= 4 is 0 Å². The van der Waals surface area contributed by atoms with E-state index in [2.05, 4.69) is 29.3 Å². The highest BCUT2D eigenvalue weighted by molar-refractivity contribution is 5.19. The van der Waals surface area contributed by atoms with Crippen molar-refractivity contribution in [2.75, 3.05) is 6.54 Å². The second-order valence-corrected chi connectivity index (χ2v) is 4.77. The molecule has 0 aliphatic rings. The summed E-state index contributed by atoms with van der Waals surface area (Å²) in [5.41, 5.74) is 0.840. The molecule has 19 heavy (non-hydrogen) atoms. The maximum Gasteiger partial charge on any atom is 0.227 e. The first-order valence-corrected chi connectivity index (χ1v) is 6.43. The van der Waals surface area contributed by atoms with Crippen LogP contribution in [-0.4, -0.2) is 22.7 Å². The minimum absolute atomic E-state index is 0.248. The van der Waals surface area contributed by atoms with Crippen LogP contribution in [0.25, 0.3) is 0 Å². The SMILES string of the molecule is CC(C)NCCc1nc(Cc2cccc(F)c2)no1. The van der Waals surface area contributed by atoms with Crippen molar-refractivity contribution in [3.8, 4) is 0 Å². The molecule has 0 amide bonds. The van der Waals surface area contributed by atoms with Crippen LogP contribution < -0.4 is 5.32 Å². The summed E-state index contributed by atoms with van der Waals surface area (Å²) in [5, 5.41) is 7.19. The van der Waals surface area contributed by atoms with Gasteiger partial charge >= 0.3 is 0 Å². The molecule has 1 aromatic heterocycles. The lowest BCUT2D eigenvalue weighted by atomic mass is 10.1. The molecule has 0 saturated heterocycles. The fourth-order valence-corrected chi connectivity index (χ4v) is 1.76. The summed E-state index contributed by atoms with van der Waals surface area (Å²) in [7, 11) is 0. The highest BCUT2D eigenvalue weighted by atomic mass is 19.1. The normalized spacial score (nSPS) is 11.2. The predicted molar refractivity (Wildman–Crippen MR) is 70.3 cm³/mol. The Morgan fingerprint density at radius 1 is 1.37 bits per heavy atom. The van der Waals surface area contributed by atoms with Crippen LogP contribution in [0.2, 0.25) is 0 Å². The van der Waals surface area contributed by atoms with Gasteiger partial charge in [0.05, 0.1) is 0 Å². The van der Waals surface area contributed by atoms with Crippen molar-refractivity contribution in [2.45, 2.75) is 32.7 Å². The van der Waals surface area contributed by atoms with E-state index < -0.39 is 0 Å². The first-order valence-electron chi connectivity index (χ1n) is 6.43. The maximum atomic E-state index is 13.0. The number of benzene rings is 1. The Kier molecular flexibility index (Phi) is 4.63. The lowest BCUT2D eigenvalue weighted by molar-refractivity contribution is 0.369. The smallest absolute Gasteiger partial charge is 0.227 e. The first-order chi connectivity index (χ1) is 9.13. The van der Waals surface area contributed by atoms with Gasteiger partial charge in [-0.05, 0) is 17.7 Å². The van der Waals surface area contributed by atoms with Gasteiger partial charge in [0.2, 0.25) is 5.89 Å². The molecule has 2 rings (SSSR count). The van der Waals surface area contributed by atoms with E-state index in [0.717, 1.165) is 12.1 Å². The number of hydrogen-bond acceptors (Lipinski definition) is 4. The fourth-order valence-electron chi connectivity index (χ4n) is 1.76. The van der Waals surface area contributed by atoms with E-state index in [-0.39, 0.29) is 5.82 Å².